The smallest absolute Gasteiger partial charge is 0.290 e. The number of hydrogen-bond donors (Lipinski definition) is 2. The Hall–Kier alpha value is -3.97. The van der Waals surface area contributed by atoms with Crippen molar-refractivity contribution in [2.75, 3.05) is 45.8 Å². The van der Waals surface area contributed by atoms with Crippen LogP contribution < -0.4 is 14.8 Å². The number of amides is 1. The first-order chi connectivity index (χ1) is 19.8. The van der Waals surface area contributed by atoms with Gasteiger partial charge in [-0.1, -0.05) is 12.1 Å². The van der Waals surface area contributed by atoms with Crippen molar-refractivity contribution in [2.45, 2.75) is 23.5 Å². The third-order valence-corrected chi connectivity index (χ3v) is 8.35. The minimum atomic E-state index is -3.91. The Bertz CT molecular complexity index is 1410. The number of carbonyl (C=O) groups excluding carboxylic acids is 1. The molecule has 0 unspecified atom stereocenters. The van der Waals surface area contributed by atoms with E-state index in [-0.39, 0.29) is 42.9 Å². The average Bonchev–Trinajstić information content (AvgIpc) is 3.01. The molecule has 0 fully saturated rings. The number of hydrogen-bond acceptors (Lipinski definition) is 9. The molecule has 0 spiro atoms. The normalized spacial score (nSPS) is 16.9. The highest BCUT2D eigenvalue weighted by atomic mass is 32.2. The third-order valence-electron chi connectivity index (χ3n) is 6.44. The SMILES string of the molecule is COc1ccc([C@H]2C=C(C(=O)Nc3cccnc3)O[C@@H](OCCN(CCO)S(=O)(=O)c3ccc(OC)cc3)C2)cc1. The molecule has 0 radical (unpaired) electrons. The van der Waals surface area contributed by atoms with Gasteiger partial charge in [0.1, 0.15) is 11.5 Å². The van der Waals surface area contributed by atoms with Crippen molar-refractivity contribution in [1.29, 1.82) is 0 Å². The van der Waals surface area contributed by atoms with E-state index in [0.717, 1.165) is 9.87 Å². The van der Waals surface area contributed by atoms with E-state index in [1.807, 2.05) is 24.3 Å². The average molecular weight is 584 g/mol. The van der Waals surface area contributed by atoms with E-state index in [1.54, 1.807) is 43.6 Å². The second kappa shape index (κ2) is 14.1. The molecule has 218 valence electrons. The summed E-state index contributed by atoms with van der Waals surface area (Å²) in [4.78, 5) is 17.1. The molecule has 2 atom stereocenters. The molecule has 1 aromatic heterocycles. The lowest BCUT2D eigenvalue weighted by atomic mass is 9.93. The topological polar surface area (TPSA) is 137 Å². The van der Waals surface area contributed by atoms with Crippen LogP contribution in [0.25, 0.3) is 0 Å². The molecule has 0 bridgehead atoms. The Morgan fingerprint density at radius 1 is 1.05 bits per heavy atom. The molecule has 41 heavy (non-hydrogen) atoms. The van der Waals surface area contributed by atoms with Crippen molar-refractivity contribution in [3.8, 4) is 11.5 Å². The van der Waals surface area contributed by atoms with Crippen molar-refractivity contribution >= 4 is 21.6 Å². The van der Waals surface area contributed by atoms with Gasteiger partial charge in [-0.15, -0.1) is 0 Å². The minimum absolute atomic E-state index is 0.0348. The van der Waals surface area contributed by atoms with Gasteiger partial charge in [-0.05, 0) is 60.2 Å². The van der Waals surface area contributed by atoms with Gasteiger partial charge in [0.25, 0.3) is 5.91 Å². The van der Waals surface area contributed by atoms with E-state index in [1.165, 1.54) is 25.4 Å². The van der Waals surface area contributed by atoms with E-state index in [4.69, 9.17) is 18.9 Å². The van der Waals surface area contributed by atoms with Crippen LogP contribution in [0.15, 0.2) is 89.8 Å². The maximum atomic E-state index is 13.2. The van der Waals surface area contributed by atoms with Crippen LogP contribution in [0.1, 0.15) is 17.9 Å². The molecule has 1 aliphatic rings. The van der Waals surface area contributed by atoms with E-state index in [0.29, 0.717) is 23.6 Å². The van der Waals surface area contributed by atoms with Crippen LogP contribution in [0.5, 0.6) is 11.5 Å². The summed E-state index contributed by atoms with van der Waals surface area (Å²) in [6.45, 7) is -0.553. The molecule has 0 aliphatic carbocycles. The predicted octanol–water partition coefficient (Wildman–Crippen LogP) is 3.15. The lowest BCUT2D eigenvalue weighted by Crippen LogP contribution is -2.37. The van der Waals surface area contributed by atoms with Gasteiger partial charge in [0.05, 0.1) is 44.2 Å². The summed E-state index contributed by atoms with van der Waals surface area (Å²) >= 11 is 0. The first-order valence-corrected chi connectivity index (χ1v) is 14.4. The Balaban J connectivity index is 1.47. The van der Waals surface area contributed by atoms with Crippen LogP contribution in [0.3, 0.4) is 0 Å². The van der Waals surface area contributed by atoms with Crippen molar-refractivity contribution < 1.29 is 37.3 Å². The molecule has 12 heteroatoms. The monoisotopic (exact) mass is 583 g/mol. The fourth-order valence-electron chi connectivity index (χ4n) is 4.28. The minimum Gasteiger partial charge on any atom is -0.497 e. The molecule has 0 saturated heterocycles. The van der Waals surface area contributed by atoms with Crippen LogP contribution >= 0.6 is 0 Å². The number of benzene rings is 2. The first kappa shape index (κ1) is 30.0. The van der Waals surface area contributed by atoms with Crippen molar-refractivity contribution in [1.82, 2.24) is 9.29 Å². The van der Waals surface area contributed by atoms with Gasteiger partial charge in [0.15, 0.2) is 5.76 Å². The van der Waals surface area contributed by atoms with E-state index in [2.05, 4.69) is 10.3 Å². The number of nitrogens with one attached hydrogen (secondary N) is 1. The number of methoxy groups -OCH3 is 2. The molecule has 2 N–H and O–H groups in total. The maximum Gasteiger partial charge on any atom is 0.290 e. The summed E-state index contributed by atoms with van der Waals surface area (Å²) in [5, 5.41) is 12.3. The molecule has 1 aliphatic heterocycles. The zero-order valence-electron chi connectivity index (χ0n) is 22.8. The molecule has 3 aromatic rings. The second-order valence-corrected chi connectivity index (χ2v) is 11.0. The maximum absolute atomic E-state index is 13.2. The Kier molecular flexibility index (Phi) is 10.3. The lowest BCUT2D eigenvalue weighted by molar-refractivity contribution is -0.143. The fraction of sp³-hybridized carbons (Fsp3) is 0.310. The highest BCUT2D eigenvalue weighted by Gasteiger charge is 2.30. The van der Waals surface area contributed by atoms with Gasteiger partial charge in [0, 0.05) is 31.6 Å². The summed E-state index contributed by atoms with van der Waals surface area (Å²) in [6, 6.07) is 16.9. The molecular formula is C29H33N3O8S. The van der Waals surface area contributed by atoms with Gasteiger partial charge in [-0.2, -0.15) is 4.31 Å². The van der Waals surface area contributed by atoms with Crippen LogP contribution in [0, 0.1) is 0 Å². The summed E-state index contributed by atoms with van der Waals surface area (Å²) < 4.78 is 49.8. The number of allylic oxidation sites excluding steroid dienone is 1. The first-order valence-electron chi connectivity index (χ1n) is 12.9. The number of sulfonamides is 1. The van der Waals surface area contributed by atoms with Crippen LogP contribution in [-0.4, -0.2) is 75.5 Å². The van der Waals surface area contributed by atoms with Crippen molar-refractivity contribution in [2.24, 2.45) is 0 Å². The number of anilines is 1. The molecular weight excluding hydrogens is 550 g/mol. The van der Waals surface area contributed by atoms with Gasteiger partial charge >= 0.3 is 0 Å². The number of aliphatic hydroxyl groups is 1. The zero-order chi connectivity index (χ0) is 29.2. The van der Waals surface area contributed by atoms with Crippen molar-refractivity contribution in [3.63, 3.8) is 0 Å². The second-order valence-electron chi connectivity index (χ2n) is 9.06. The fourth-order valence-corrected chi connectivity index (χ4v) is 5.69. The number of aliphatic hydroxyl groups excluding tert-OH is 1. The number of carbonyl (C=O) groups is 1. The number of ether oxygens (including phenoxy) is 4. The number of nitrogens with zero attached hydrogens (tertiary/aromatic N) is 2. The van der Waals surface area contributed by atoms with Gasteiger partial charge in [0.2, 0.25) is 16.3 Å². The molecule has 11 nitrogen and oxygen atoms in total. The summed E-state index contributed by atoms with van der Waals surface area (Å²) in [7, 11) is -0.826. The number of aromatic nitrogens is 1. The summed E-state index contributed by atoms with van der Waals surface area (Å²) in [6.07, 6.45) is 4.42. The van der Waals surface area contributed by atoms with E-state index >= 15 is 0 Å². The predicted molar refractivity (Wildman–Crippen MR) is 151 cm³/mol. The van der Waals surface area contributed by atoms with Crippen LogP contribution in [0.4, 0.5) is 5.69 Å². The molecule has 2 aromatic carbocycles. The summed E-state index contributed by atoms with van der Waals surface area (Å²) in [5.41, 5.74) is 1.44. The lowest BCUT2D eigenvalue weighted by Gasteiger charge is -2.30. The highest BCUT2D eigenvalue weighted by Crippen LogP contribution is 2.33. The number of pyridine rings is 1. The largest absolute Gasteiger partial charge is 0.497 e. The van der Waals surface area contributed by atoms with Gasteiger partial charge in [-0.25, -0.2) is 8.42 Å². The third kappa shape index (κ3) is 7.82. The quantitative estimate of drug-likeness (QED) is 0.311. The van der Waals surface area contributed by atoms with E-state index in [9.17, 15) is 18.3 Å². The molecule has 4 rings (SSSR count). The van der Waals surface area contributed by atoms with Crippen molar-refractivity contribution in [3.05, 3.63) is 90.5 Å². The van der Waals surface area contributed by atoms with Crippen LogP contribution in [-0.2, 0) is 24.3 Å². The van der Waals surface area contributed by atoms with Gasteiger partial charge in [-0.3, -0.25) is 9.78 Å². The Morgan fingerprint density at radius 2 is 1.73 bits per heavy atom. The Morgan fingerprint density at radius 3 is 2.34 bits per heavy atom. The standard InChI is InChI=1S/C29H33N3O8S/c1-37-24-7-5-21(6-8-24)22-18-27(29(34)31-23-4-3-13-30-20-23)40-28(19-22)39-17-15-32(14-16-33)41(35,36)26-11-9-25(38-2)10-12-26/h3-13,18,20,22,28,33H,14-17,19H2,1-2H3,(H,31,34)/t22-,28+/m0/s1. The Labute approximate surface area is 239 Å². The number of rotatable bonds is 13. The van der Waals surface area contributed by atoms with Crippen LogP contribution in [0.2, 0.25) is 0 Å². The molecule has 0 saturated carbocycles. The zero-order valence-corrected chi connectivity index (χ0v) is 23.6. The van der Waals surface area contributed by atoms with E-state index < -0.39 is 22.2 Å². The van der Waals surface area contributed by atoms with Gasteiger partial charge < -0.3 is 29.4 Å². The summed E-state index contributed by atoms with van der Waals surface area (Å²) in [5.74, 6) is 0.621. The highest BCUT2D eigenvalue weighted by molar-refractivity contribution is 7.89. The molecule has 2 heterocycles. The molecule has 1 amide bonds.